The van der Waals surface area contributed by atoms with Crippen LogP contribution < -0.4 is 5.32 Å². The molecule has 1 aliphatic carbocycles. The number of fused-ring (bicyclic) bond motifs is 1. The van der Waals surface area contributed by atoms with Crippen molar-refractivity contribution in [2.24, 2.45) is 0 Å². The van der Waals surface area contributed by atoms with Crippen molar-refractivity contribution in [2.75, 3.05) is 6.54 Å². The third-order valence-electron chi connectivity index (χ3n) is 4.72. The predicted molar refractivity (Wildman–Crippen MR) is 78.8 cm³/mol. The van der Waals surface area contributed by atoms with E-state index < -0.39 is 0 Å². The molecule has 0 aromatic heterocycles. The normalized spacial score (nSPS) is 27.6. The van der Waals surface area contributed by atoms with Crippen LogP contribution in [0.4, 0.5) is 0 Å². The third-order valence-corrected chi connectivity index (χ3v) is 4.96. The van der Waals surface area contributed by atoms with Gasteiger partial charge in [0, 0.05) is 23.0 Å². The molecule has 0 radical (unpaired) electrons. The minimum absolute atomic E-state index is 0.0316. The molecular formula is C17H16ClN. The number of hydrogen-bond acceptors (Lipinski definition) is 1. The maximum Gasteiger partial charge on any atom is 0.0409 e. The lowest BCUT2D eigenvalue weighted by Gasteiger charge is -2.37. The van der Waals surface area contributed by atoms with Crippen LogP contribution in [-0.4, -0.2) is 6.54 Å². The van der Waals surface area contributed by atoms with E-state index in [1.165, 1.54) is 22.3 Å². The molecule has 2 heterocycles. The zero-order chi connectivity index (χ0) is 13.0. The number of hydrogen-bond donors (Lipinski definition) is 1. The lowest BCUT2D eigenvalue weighted by Crippen LogP contribution is -2.42. The average Bonchev–Trinajstić information content (AvgIpc) is 2.63. The number of nitrogens with one attached hydrogen (secondary N) is 1. The Balaban J connectivity index is 2.06. The molecule has 0 spiro atoms. The summed E-state index contributed by atoms with van der Waals surface area (Å²) < 4.78 is 0. The van der Waals surface area contributed by atoms with Gasteiger partial charge in [-0.15, -0.1) is 0 Å². The lowest BCUT2D eigenvalue weighted by atomic mass is 9.72. The van der Waals surface area contributed by atoms with Gasteiger partial charge in [-0.05, 0) is 40.8 Å². The zero-order valence-corrected chi connectivity index (χ0v) is 11.7. The fourth-order valence-corrected chi connectivity index (χ4v) is 3.89. The molecule has 2 unspecified atom stereocenters. The molecule has 96 valence electrons. The maximum absolute atomic E-state index is 6.23. The third kappa shape index (κ3) is 1.52. The van der Waals surface area contributed by atoms with E-state index in [1.54, 1.807) is 0 Å². The predicted octanol–water partition coefficient (Wildman–Crippen LogP) is 3.85. The van der Waals surface area contributed by atoms with Crippen molar-refractivity contribution >= 4 is 11.6 Å². The Morgan fingerprint density at radius 2 is 2.00 bits per heavy atom. The second kappa shape index (κ2) is 3.84. The Kier molecular flexibility index (Phi) is 2.33. The van der Waals surface area contributed by atoms with Crippen LogP contribution in [0, 0.1) is 0 Å². The molecule has 2 bridgehead atoms. The summed E-state index contributed by atoms with van der Waals surface area (Å²) in [4.78, 5) is 0. The first-order chi connectivity index (χ1) is 9.18. The minimum Gasteiger partial charge on any atom is -0.308 e. The van der Waals surface area contributed by atoms with E-state index in [1.807, 2.05) is 6.07 Å². The molecule has 19 heavy (non-hydrogen) atoms. The van der Waals surface area contributed by atoms with Gasteiger partial charge in [-0.2, -0.15) is 0 Å². The van der Waals surface area contributed by atoms with Crippen LogP contribution in [-0.2, 0) is 11.8 Å². The number of halogens is 1. The summed E-state index contributed by atoms with van der Waals surface area (Å²) in [6.45, 7) is 3.32. The van der Waals surface area contributed by atoms with Crippen molar-refractivity contribution in [1.82, 2.24) is 5.32 Å². The Morgan fingerprint density at radius 3 is 2.89 bits per heavy atom. The van der Waals surface area contributed by atoms with Gasteiger partial charge in [0.2, 0.25) is 0 Å². The van der Waals surface area contributed by atoms with Gasteiger partial charge in [-0.3, -0.25) is 0 Å². The van der Waals surface area contributed by atoms with E-state index in [-0.39, 0.29) is 5.41 Å². The first-order valence-corrected chi connectivity index (χ1v) is 7.18. The van der Waals surface area contributed by atoms with Crippen LogP contribution in [0.2, 0.25) is 5.02 Å². The van der Waals surface area contributed by atoms with Gasteiger partial charge in [-0.25, -0.2) is 0 Å². The largest absolute Gasteiger partial charge is 0.308 e. The smallest absolute Gasteiger partial charge is 0.0409 e. The molecule has 5 rings (SSSR count). The summed E-state index contributed by atoms with van der Waals surface area (Å²) in [5.74, 6) is 0. The quantitative estimate of drug-likeness (QED) is 0.766. The highest BCUT2D eigenvalue weighted by molar-refractivity contribution is 6.30. The molecule has 2 aliphatic heterocycles. The van der Waals surface area contributed by atoms with Crippen LogP contribution in [0.15, 0.2) is 42.5 Å². The van der Waals surface area contributed by atoms with Gasteiger partial charge in [0.15, 0.2) is 0 Å². The molecule has 0 saturated heterocycles. The van der Waals surface area contributed by atoms with E-state index in [0.29, 0.717) is 6.04 Å². The van der Waals surface area contributed by atoms with E-state index >= 15 is 0 Å². The minimum atomic E-state index is 0.0316. The van der Waals surface area contributed by atoms with Gasteiger partial charge in [0.1, 0.15) is 0 Å². The first kappa shape index (κ1) is 11.5. The molecular weight excluding hydrogens is 254 g/mol. The maximum atomic E-state index is 6.23. The number of rotatable bonds is 0. The van der Waals surface area contributed by atoms with Gasteiger partial charge in [0.25, 0.3) is 0 Å². The van der Waals surface area contributed by atoms with Crippen molar-refractivity contribution in [3.8, 4) is 0 Å². The Labute approximate surface area is 118 Å². The van der Waals surface area contributed by atoms with Crippen molar-refractivity contribution in [1.29, 1.82) is 0 Å². The summed E-state index contributed by atoms with van der Waals surface area (Å²) in [6, 6.07) is 15.6. The molecule has 2 aromatic carbocycles. The fourth-order valence-electron chi connectivity index (χ4n) is 3.72. The summed E-state index contributed by atoms with van der Waals surface area (Å²) in [5.41, 5.74) is 5.76. The van der Waals surface area contributed by atoms with Crippen molar-refractivity contribution < 1.29 is 0 Å². The SMILES string of the molecule is CC12CNC(Cc3ccc(Cl)cc31)c1ccccc12. The molecule has 2 atom stereocenters. The summed E-state index contributed by atoms with van der Waals surface area (Å²) in [5, 5.41) is 4.54. The van der Waals surface area contributed by atoms with Crippen LogP contribution >= 0.6 is 11.6 Å². The van der Waals surface area contributed by atoms with Crippen molar-refractivity contribution in [3.05, 3.63) is 69.7 Å². The number of benzene rings is 2. The average molecular weight is 270 g/mol. The topological polar surface area (TPSA) is 12.0 Å². The lowest BCUT2D eigenvalue weighted by molar-refractivity contribution is 0.425. The van der Waals surface area contributed by atoms with E-state index in [4.69, 9.17) is 11.6 Å². The van der Waals surface area contributed by atoms with Gasteiger partial charge >= 0.3 is 0 Å². The van der Waals surface area contributed by atoms with Gasteiger partial charge < -0.3 is 5.32 Å². The molecule has 3 aliphatic rings. The van der Waals surface area contributed by atoms with E-state index in [0.717, 1.165) is 18.0 Å². The highest BCUT2D eigenvalue weighted by atomic mass is 35.5. The monoisotopic (exact) mass is 269 g/mol. The molecule has 2 heteroatoms. The Hall–Kier alpha value is -1.31. The molecule has 0 saturated carbocycles. The Morgan fingerprint density at radius 1 is 1.16 bits per heavy atom. The van der Waals surface area contributed by atoms with Crippen molar-refractivity contribution in [2.45, 2.75) is 24.8 Å². The van der Waals surface area contributed by atoms with Crippen LogP contribution in [0.25, 0.3) is 0 Å². The second-order valence-electron chi connectivity index (χ2n) is 5.86. The van der Waals surface area contributed by atoms with E-state index in [9.17, 15) is 0 Å². The van der Waals surface area contributed by atoms with E-state index in [2.05, 4.69) is 48.6 Å². The highest BCUT2D eigenvalue weighted by Crippen LogP contribution is 2.46. The van der Waals surface area contributed by atoms with Crippen LogP contribution in [0.1, 0.15) is 35.2 Å². The summed E-state index contributed by atoms with van der Waals surface area (Å²) in [6.07, 6.45) is 1.05. The molecule has 0 fully saturated rings. The molecule has 1 nitrogen and oxygen atoms in total. The first-order valence-electron chi connectivity index (χ1n) is 6.80. The molecule has 0 amide bonds. The fraction of sp³-hybridized carbons (Fsp3) is 0.294. The van der Waals surface area contributed by atoms with Crippen LogP contribution in [0.5, 0.6) is 0 Å². The van der Waals surface area contributed by atoms with Gasteiger partial charge in [0.05, 0.1) is 0 Å². The summed E-state index contributed by atoms with van der Waals surface area (Å²) >= 11 is 6.23. The second-order valence-corrected chi connectivity index (χ2v) is 6.29. The zero-order valence-electron chi connectivity index (χ0n) is 10.9. The van der Waals surface area contributed by atoms with Crippen LogP contribution in [0.3, 0.4) is 0 Å². The summed E-state index contributed by atoms with van der Waals surface area (Å²) in [7, 11) is 0. The molecule has 2 aromatic rings. The Bertz CT molecular complexity index is 664. The standard InChI is InChI=1S/C17H16ClN/c1-17-10-19-16(13-4-2-3-5-14(13)17)8-11-6-7-12(18)9-15(11)17/h2-7,9,16,19H,8,10H2,1H3. The molecule has 1 N–H and O–H groups in total. The highest BCUT2D eigenvalue weighted by Gasteiger charge is 2.41. The van der Waals surface area contributed by atoms with Crippen molar-refractivity contribution in [3.63, 3.8) is 0 Å². The van der Waals surface area contributed by atoms with Gasteiger partial charge in [-0.1, -0.05) is 48.9 Å².